The molecular weight excluding hydrogens is 514 g/mol. The Labute approximate surface area is 214 Å². The van der Waals surface area contributed by atoms with Crippen molar-refractivity contribution < 1.29 is 38.2 Å². The first-order valence-corrected chi connectivity index (χ1v) is 12.5. The van der Waals surface area contributed by atoms with Gasteiger partial charge in [-0.2, -0.15) is 0 Å². The fourth-order valence-corrected chi connectivity index (χ4v) is 5.28. The lowest BCUT2D eigenvalue weighted by atomic mass is 10.0. The Morgan fingerprint density at radius 2 is 2.11 bits per heavy atom. The van der Waals surface area contributed by atoms with Gasteiger partial charge in [0.05, 0.1) is 6.61 Å². The van der Waals surface area contributed by atoms with E-state index in [0.717, 1.165) is 11.3 Å². The molecule has 0 saturated carbocycles. The number of nitrogen functional groups attached to an aromatic ring is 1. The largest absolute Gasteiger partial charge is 0.426 e. The Morgan fingerprint density at radius 1 is 1.36 bits per heavy atom. The minimum Gasteiger partial charge on any atom is -0.426 e. The molecule has 1 saturated heterocycles. The van der Waals surface area contributed by atoms with Crippen molar-refractivity contribution >= 4 is 57.7 Å². The van der Waals surface area contributed by atoms with Crippen molar-refractivity contribution in [3.8, 4) is 0 Å². The van der Waals surface area contributed by atoms with Gasteiger partial charge in [-0.15, -0.1) is 23.1 Å². The molecule has 0 aromatic carbocycles. The van der Waals surface area contributed by atoms with E-state index in [-0.39, 0.29) is 22.2 Å². The van der Waals surface area contributed by atoms with Crippen molar-refractivity contribution in [3.05, 3.63) is 34.5 Å². The molecule has 3 N–H and O–H groups in total. The summed E-state index contributed by atoms with van der Waals surface area (Å²) >= 11 is 2.47. The molecule has 13 nitrogen and oxygen atoms in total. The highest BCUT2D eigenvalue weighted by Crippen LogP contribution is 2.41. The van der Waals surface area contributed by atoms with Crippen molar-refractivity contribution in [3.63, 3.8) is 0 Å². The lowest BCUT2D eigenvalue weighted by Gasteiger charge is -2.49. The monoisotopic (exact) mass is 539 g/mol. The van der Waals surface area contributed by atoms with Gasteiger partial charge in [0.15, 0.2) is 10.8 Å². The summed E-state index contributed by atoms with van der Waals surface area (Å²) in [6.07, 6.45) is 2.19. The number of ether oxygens (including phenoxy) is 3. The first-order valence-electron chi connectivity index (χ1n) is 10.5. The van der Waals surface area contributed by atoms with E-state index in [1.54, 1.807) is 12.2 Å². The van der Waals surface area contributed by atoms with Crippen LogP contribution in [0, 0.1) is 0 Å². The predicted octanol–water partition coefficient (Wildman–Crippen LogP) is 0.385. The van der Waals surface area contributed by atoms with Crippen LogP contribution in [0.5, 0.6) is 0 Å². The van der Waals surface area contributed by atoms with Crippen molar-refractivity contribution in [2.45, 2.75) is 31.6 Å². The molecule has 194 valence electrons. The number of thioether (sulfide) groups is 1. The number of aromatic nitrogens is 1. The average Bonchev–Trinajstić information content (AvgIpc) is 3.25. The first kappa shape index (κ1) is 27.2. The highest BCUT2D eigenvalue weighted by atomic mass is 32.2. The highest BCUT2D eigenvalue weighted by Gasteiger charge is 2.54. The lowest BCUT2D eigenvalue weighted by Crippen LogP contribution is -2.71. The van der Waals surface area contributed by atoms with Gasteiger partial charge < -0.3 is 30.1 Å². The molecule has 1 fully saturated rings. The van der Waals surface area contributed by atoms with Gasteiger partial charge in [0.1, 0.15) is 29.9 Å². The van der Waals surface area contributed by atoms with E-state index in [4.69, 9.17) is 24.8 Å². The number of β-lactam (4-membered cyclic amide) rings is 1. The number of esters is 2. The van der Waals surface area contributed by atoms with Crippen LogP contribution in [0.25, 0.3) is 0 Å². The fourth-order valence-electron chi connectivity index (χ4n) is 3.41. The number of carbonyl (C=O) groups excluding carboxylic acids is 4. The van der Waals surface area contributed by atoms with E-state index in [1.807, 2.05) is 0 Å². The van der Waals surface area contributed by atoms with E-state index in [1.165, 1.54) is 50.1 Å². The molecule has 2 aliphatic heterocycles. The number of carbonyl (C=O) groups is 4. The number of thiazole rings is 1. The number of hydrogen-bond acceptors (Lipinski definition) is 13. The van der Waals surface area contributed by atoms with E-state index in [0.29, 0.717) is 17.9 Å². The third-order valence-corrected chi connectivity index (χ3v) is 6.80. The molecule has 15 heteroatoms. The second-order valence-electron chi connectivity index (χ2n) is 7.37. The lowest BCUT2D eigenvalue weighted by molar-refractivity contribution is -0.182. The number of nitrogens with zero attached hydrogens (tertiary/aromatic N) is 3. The number of allylic oxidation sites excluding steroid dienone is 1. The molecule has 2 unspecified atom stereocenters. The van der Waals surface area contributed by atoms with Gasteiger partial charge in [-0.3, -0.25) is 19.3 Å². The maximum Gasteiger partial charge on any atom is 0.358 e. The Bertz CT molecular complexity index is 1130. The van der Waals surface area contributed by atoms with Crippen LogP contribution in [0.4, 0.5) is 5.13 Å². The molecule has 0 aliphatic carbocycles. The summed E-state index contributed by atoms with van der Waals surface area (Å²) in [6, 6.07) is -0.946. The summed E-state index contributed by atoms with van der Waals surface area (Å²) in [5, 5.41) is 7.54. The predicted molar refractivity (Wildman–Crippen MR) is 130 cm³/mol. The van der Waals surface area contributed by atoms with Crippen molar-refractivity contribution in [1.29, 1.82) is 0 Å². The maximum absolute atomic E-state index is 13.1. The topological polar surface area (TPSA) is 172 Å². The molecule has 3 rings (SSSR count). The van der Waals surface area contributed by atoms with E-state index >= 15 is 0 Å². The van der Waals surface area contributed by atoms with Crippen LogP contribution in [0.15, 0.2) is 34.0 Å². The van der Waals surface area contributed by atoms with Crippen molar-refractivity contribution in [2.24, 2.45) is 5.16 Å². The molecule has 0 radical (unpaired) electrons. The zero-order chi connectivity index (χ0) is 26.4. The van der Waals surface area contributed by atoms with Crippen LogP contribution in [0.3, 0.4) is 0 Å². The molecule has 36 heavy (non-hydrogen) atoms. The van der Waals surface area contributed by atoms with Crippen LogP contribution >= 0.6 is 23.1 Å². The van der Waals surface area contributed by atoms with Gasteiger partial charge in [-0.05, 0) is 5.57 Å². The zero-order valence-corrected chi connectivity index (χ0v) is 21.5. The number of hydrogen-bond donors (Lipinski definition) is 2. The minimum atomic E-state index is -1.16. The second kappa shape index (κ2) is 12.0. The summed E-state index contributed by atoms with van der Waals surface area (Å²) in [6.45, 7) is 2.86. The van der Waals surface area contributed by atoms with Crippen LogP contribution in [0.1, 0.15) is 19.5 Å². The molecule has 0 bridgehead atoms. The number of nitrogens with one attached hydrogen (secondary N) is 1. The molecule has 1 aromatic heterocycles. The quantitative estimate of drug-likeness (QED) is 0.138. The second-order valence-corrected chi connectivity index (χ2v) is 9.36. The average molecular weight is 540 g/mol. The van der Waals surface area contributed by atoms with Crippen molar-refractivity contribution in [2.75, 3.05) is 32.3 Å². The van der Waals surface area contributed by atoms with Gasteiger partial charge in [0, 0.05) is 32.1 Å². The van der Waals surface area contributed by atoms with Gasteiger partial charge in [0.2, 0.25) is 6.29 Å². The minimum absolute atomic E-state index is 0.00124. The molecule has 2 aliphatic rings. The van der Waals surface area contributed by atoms with Gasteiger partial charge in [-0.1, -0.05) is 17.3 Å². The smallest absolute Gasteiger partial charge is 0.358 e. The van der Waals surface area contributed by atoms with E-state index in [9.17, 15) is 19.2 Å². The Balaban J connectivity index is 1.82. The summed E-state index contributed by atoms with van der Waals surface area (Å²) in [5.41, 5.74) is 6.22. The molecule has 2 amide bonds. The van der Waals surface area contributed by atoms with Gasteiger partial charge >= 0.3 is 11.9 Å². The van der Waals surface area contributed by atoms with Gasteiger partial charge in [0.25, 0.3) is 11.8 Å². The number of anilines is 1. The third kappa shape index (κ3) is 6.03. The maximum atomic E-state index is 13.1. The number of nitrogens with two attached hydrogens (primary N) is 1. The summed E-state index contributed by atoms with van der Waals surface area (Å²) in [4.78, 5) is 60.3. The SMILES string of the molecule is COCC=CC1=C(C(=O)OC(C)OC(C)=O)N2C(=O)C(NC(=O)C(=NOC)c3csc(N)n3)[C@@H]2SC1. The fraction of sp³-hybridized carbons (Fsp3) is 0.429. The number of rotatable bonds is 10. The summed E-state index contributed by atoms with van der Waals surface area (Å²) in [5.74, 6) is -2.35. The van der Waals surface area contributed by atoms with Crippen molar-refractivity contribution in [1.82, 2.24) is 15.2 Å². The number of amides is 2. The number of fused-ring (bicyclic) bond motifs is 1. The number of oxime groups is 1. The number of methoxy groups -OCH3 is 1. The Kier molecular flexibility index (Phi) is 9.06. The molecule has 3 heterocycles. The van der Waals surface area contributed by atoms with Gasteiger partial charge in [-0.25, -0.2) is 9.78 Å². The first-order chi connectivity index (χ1) is 17.2. The molecule has 3 atom stereocenters. The summed E-state index contributed by atoms with van der Waals surface area (Å²) in [7, 11) is 2.79. The standard InChI is InChI=1S/C21H25N5O8S2/c1-10(27)33-11(2)34-20(30)16-12(6-5-7-31-3)8-35-19-15(18(29)26(16)19)24-17(28)14(25-32-4)13-9-36-21(22)23-13/h5-6,9,11,15,19H,7-8H2,1-4H3,(H2,22,23)(H,24,28)/t11?,15?,19-/m0/s1. The summed E-state index contributed by atoms with van der Waals surface area (Å²) < 4.78 is 15.1. The van der Waals surface area contributed by atoms with Crippen LogP contribution in [-0.4, -0.2) is 83.6 Å². The Hall–Kier alpha value is -3.43. The van der Waals surface area contributed by atoms with E-state index in [2.05, 4.69) is 15.5 Å². The van der Waals surface area contributed by atoms with Crippen LogP contribution < -0.4 is 11.1 Å². The molecular formula is C21H25N5O8S2. The zero-order valence-electron chi connectivity index (χ0n) is 19.9. The Morgan fingerprint density at radius 3 is 2.72 bits per heavy atom. The van der Waals surface area contributed by atoms with E-state index < -0.39 is 41.5 Å². The van der Waals surface area contributed by atoms with Crippen LogP contribution in [0.2, 0.25) is 0 Å². The normalized spacial score (nSPS) is 20.5. The highest BCUT2D eigenvalue weighted by molar-refractivity contribution is 8.00. The third-order valence-electron chi connectivity index (χ3n) is 4.83. The van der Waals surface area contributed by atoms with Crippen LogP contribution in [-0.2, 0) is 38.2 Å². The molecule has 0 spiro atoms. The molecule has 1 aromatic rings.